The van der Waals surface area contributed by atoms with Gasteiger partial charge in [-0.05, 0) is 25.8 Å². The van der Waals surface area contributed by atoms with E-state index in [1.54, 1.807) is 0 Å². The highest BCUT2D eigenvalue weighted by molar-refractivity contribution is 4.70. The summed E-state index contributed by atoms with van der Waals surface area (Å²) in [7, 11) is 0. The molecule has 2 heteroatoms. The van der Waals surface area contributed by atoms with E-state index in [4.69, 9.17) is 4.74 Å². The molecule has 1 N–H and O–H groups in total. The minimum Gasteiger partial charge on any atom is -0.381 e. The Morgan fingerprint density at radius 2 is 1.92 bits per heavy atom. The van der Waals surface area contributed by atoms with Crippen molar-refractivity contribution in [3.63, 3.8) is 0 Å². The Labute approximate surface area is 76.7 Å². The van der Waals surface area contributed by atoms with Gasteiger partial charge >= 0.3 is 0 Å². The van der Waals surface area contributed by atoms with Crippen LogP contribution in [0.1, 0.15) is 34.1 Å². The van der Waals surface area contributed by atoms with E-state index >= 15 is 0 Å². The van der Waals surface area contributed by atoms with Crippen molar-refractivity contribution in [2.24, 2.45) is 5.92 Å². The maximum Gasteiger partial charge on any atom is 0.0506 e. The molecule has 2 atom stereocenters. The Morgan fingerprint density at radius 1 is 1.25 bits per heavy atom. The first-order valence-corrected chi connectivity index (χ1v) is 5.07. The first-order chi connectivity index (χ1) is 5.76. The lowest BCUT2D eigenvalue weighted by atomic mass is 10.0. The third kappa shape index (κ3) is 4.73. The summed E-state index contributed by atoms with van der Waals surface area (Å²) in [4.78, 5) is 0. The second kappa shape index (κ2) is 7.56. The van der Waals surface area contributed by atoms with Crippen LogP contribution in [0.4, 0.5) is 0 Å². The van der Waals surface area contributed by atoms with E-state index in [9.17, 15) is 0 Å². The number of hydrogen-bond donors (Lipinski definition) is 1. The topological polar surface area (TPSA) is 21.3 Å². The summed E-state index contributed by atoms with van der Waals surface area (Å²) < 4.78 is 5.38. The maximum absolute atomic E-state index is 5.38. The fourth-order valence-corrected chi connectivity index (χ4v) is 1.43. The molecule has 0 aromatic rings. The predicted molar refractivity (Wildman–Crippen MR) is 53.4 cm³/mol. The lowest BCUT2D eigenvalue weighted by Crippen LogP contribution is -2.36. The van der Waals surface area contributed by atoms with Crippen LogP contribution in [0.15, 0.2) is 0 Å². The molecule has 0 aliphatic carbocycles. The van der Waals surface area contributed by atoms with E-state index in [1.807, 2.05) is 6.92 Å². The molecule has 0 amide bonds. The van der Waals surface area contributed by atoms with Crippen molar-refractivity contribution < 1.29 is 4.74 Å². The van der Waals surface area contributed by atoms with Crippen LogP contribution in [0.25, 0.3) is 0 Å². The molecule has 0 saturated heterocycles. The summed E-state index contributed by atoms with van der Waals surface area (Å²) in [5.41, 5.74) is 0. The van der Waals surface area contributed by atoms with Crippen LogP contribution < -0.4 is 5.32 Å². The van der Waals surface area contributed by atoms with Gasteiger partial charge in [0.2, 0.25) is 0 Å². The van der Waals surface area contributed by atoms with Gasteiger partial charge in [-0.1, -0.05) is 20.8 Å². The average molecular weight is 173 g/mol. The molecule has 0 rings (SSSR count). The van der Waals surface area contributed by atoms with Crippen molar-refractivity contribution in [3.05, 3.63) is 0 Å². The molecular weight excluding hydrogens is 150 g/mol. The molecule has 0 saturated carbocycles. The van der Waals surface area contributed by atoms with Crippen LogP contribution in [-0.4, -0.2) is 25.8 Å². The van der Waals surface area contributed by atoms with Crippen LogP contribution in [0.3, 0.4) is 0 Å². The van der Waals surface area contributed by atoms with E-state index < -0.39 is 0 Å². The van der Waals surface area contributed by atoms with Crippen molar-refractivity contribution in [2.45, 2.75) is 40.2 Å². The molecule has 0 aromatic carbocycles. The summed E-state index contributed by atoms with van der Waals surface area (Å²) in [5.74, 6) is 0.620. The molecule has 74 valence electrons. The standard InChI is InChI=1S/C10H23NO/c1-5-10(11-6-2)9(4)8-12-7-3/h9-11H,5-8H2,1-4H3. The number of ether oxygens (including phenoxy) is 1. The van der Waals surface area contributed by atoms with Gasteiger partial charge in [-0.2, -0.15) is 0 Å². The molecule has 0 radical (unpaired) electrons. The first-order valence-electron chi connectivity index (χ1n) is 5.07. The van der Waals surface area contributed by atoms with Crippen LogP contribution in [-0.2, 0) is 4.74 Å². The first kappa shape index (κ1) is 11.9. The molecular formula is C10H23NO. The molecule has 0 bridgehead atoms. The Morgan fingerprint density at radius 3 is 2.33 bits per heavy atom. The highest BCUT2D eigenvalue weighted by Gasteiger charge is 2.13. The number of nitrogens with one attached hydrogen (secondary N) is 1. The molecule has 0 heterocycles. The zero-order chi connectivity index (χ0) is 9.40. The molecule has 0 aromatic heterocycles. The monoisotopic (exact) mass is 173 g/mol. The fourth-order valence-electron chi connectivity index (χ4n) is 1.43. The van der Waals surface area contributed by atoms with Gasteiger partial charge < -0.3 is 10.1 Å². The normalized spacial score (nSPS) is 16.0. The second-order valence-corrected chi connectivity index (χ2v) is 3.21. The Hall–Kier alpha value is -0.0800. The Balaban J connectivity index is 3.60. The quantitative estimate of drug-likeness (QED) is 0.636. The highest BCUT2D eigenvalue weighted by Crippen LogP contribution is 2.06. The van der Waals surface area contributed by atoms with Crippen LogP contribution >= 0.6 is 0 Å². The summed E-state index contributed by atoms with van der Waals surface area (Å²) in [6.07, 6.45) is 1.18. The molecule has 0 spiro atoms. The van der Waals surface area contributed by atoms with E-state index in [1.165, 1.54) is 6.42 Å². The zero-order valence-corrected chi connectivity index (χ0v) is 8.89. The predicted octanol–water partition coefficient (Wildman–Crippen LogP) is 2.05. The lowest BCUT2D eigenvalue weighted by Gasteiger charge is -2.23. The van der Waals surface area contributed by atoms with E-state index in [2.05, 4.69) is 26.1 Å². The van der Waals surface area contributed by atoms with Crippen LogP contribution in [0.2, 0.25) is 0 Å². The van der Waals surface area contributed by atoms with Crippen LogP contribution in [0.5, 0.6) is 0 Å². The molecule has 2 nitrogen and oxygen atoms in total. The van der Waals surface area contributed by atoms with E-state index in [0.717, 1.165) is 19.8 Å². The molecule has 0 aliphatic rings. The van der Waals surface area contributed by atoms with Gasteiger partial charge in [0.25, 0.3) is 0 Å². The third-order valence-corrected chi connectivity index (χ3v) is 2.18. The fraction of sp³-hybridized carbons (Fsp3) is 1.00. The van der Waals surface area contributed by atoms with Crippen molar-refractivity contribution >= 4 is 0 Å². The third-order valence-electron chi connectivity index (χ3n) is 2.18. The van der Waals surface area contributed by atoms with Crippen molar-refractivity contribution in [2.75, 3.05) is 19.8 Å². The van der Waals surface area contributed by atoms with Gasteiger partial charge in [0.05, 0.1) is 6.61 Å². The Bertz CT molecular complexity index is 95.8. The smallest absolute Gasteiger partial charge is 0.0506 e. The van der Waals surface area contributed by atoms with Gasteiger partial charge in [-0.25, -0.2) is 0 Å². The minimum atomic E-state index is 0.613. The largest absolute Gasteiger partial charge is 0.381 e. The van der Waals surface area contributed by atoms with Gasteiger partial charge in [0, 0.05) is 12.6 Å². The SMILES string of the molecule is CCNC(CC)C(C)COCC. The maximum atomic E-state index is 5.38. The Kier molecular flexibility index (Phi) is 7.51. The zero-order valence-electron chi connectivity index (χ0n) is 8.89. The van der Waals surface area contributed by atoms with Gasteiger partial charge in [-0.3, -0.25) is 0 Å². The minimum absolute atomic E-state index is 0.613. The van der Waals surface area contributed by atoms with Crippen molar-refractivity contribution in [3.8, 4) is 0 Å². The van der Waals surface area contributed by atoms with Gasteiger partial charge in [-0.15, -0.1) is 0 Å². The molecule has 12 heavy (non-hydrogen) atoms. The molecule has 2 unspecified atom stereocenters. The van der Waals surface area contributed by atoms with Gasteiger partial charge in [0.15, 0.2) is 0 Å². The average Bonchev–Trinajstić information content (AvgIpc) is 2.10. The van der Waals surface area contributed by atoms with Crippen molar-refractivity contribution in [1.82, 2.24) is 5.32 Å². The number of hydrogen-bond acceptors (Lipinski definition) is 2. The van der Waals surface area contributed by atoms with Crippen molar-refractivity contribution in [1.29, 1.82) is 0 Å². The van der Waals surface area contributed by atoms with Gasteiger partial charge in [0.1, 0.15) is 0 Å². The molecule has 0 aliphatic heterocycles. The summed E-state index contributed by atoms with van der Waals surface area (Å²) in [6, 6.07) is 0.613. The van der Waals surface area contributed by atoms with E-state index in [-0.39, 0.29) is 0 Å². The lowest BCUT2D eigenvalue weighted by molar-refractivity contribution is 0.100. The summed E-state index contributed by atoms with van der Waals surface area (Å²) >= 11 is 0. The van der Waals surface area contributed by atoms with Crippen LogP contribution in [0, 0.1) is 5.92 Å². The summed E-state index contributed by atoms with van der Waals surface area (Å²) in [6.45, 7) is 11.4. The second-order valence-electron chi connectivity index (χ2n) is 3.21. The highest BCUT2D eigenvalue weighted by atomic mass is 16.5. The molecule has 0 fully saturated rings. The summed E-state index contributed by atoms with van der Waals surface area (Å²) in [5, 5.41) is 3.46. The number of rotatable bonds is 7. The van der Waals surface area contributed by atoms with E-state index in [0.29, 0.717) is 12.0 Å².